The number of benzene rings is 1. The number of nitrogens with zero attached hydrogens (tertiary/aromatic N) is 1. The van der Waals surface area contributed by atoms with Crippen LogP contribution in [0.1, 0.15) is 31.2 Å². The molecule has 0 saturated carbocycles. The van der Waals surface area contributed by atoms with E-state index in [0.29, 0.717) is 17.0 Å². The van der Waals surface area contributed by atoms with Crippen molar-refractivity contribution in [3.05, 3.63) is 34.9 Å². The number of Topliss-reactive ketones (excluding diaryl/α,β-unsaturated/α-hetero) is 1. The van der Waals surface area contributed by atoms with Gasteiger partial charge in [-0.05, 0) is 37.5 Å². The summed E-state index contributed by atoms with van der Waals surface area (Å²) in [4.78, 5) is 12.2. The fourth-order valence-electron chi connectivity index (χ4n) is 2.16. The van der Waals surface area contributed by atoms with Crippen molar-refractivity contribution in [2.75, 3.05) is 0 Å². The molecular formula is C14H14ClNO2. The standard InChI is InChI=1S/C14H14ClNO2/c1-9-2-7-13(18-9)14(17)12(8-16)10-3-5-11(15)6-4-10/h3-6,9,12-13H,2,7H2,1H3. The lowest BCUT2D eigenvalue weighted by atomic mass is 9.92. The highest BCUT2D eigenvalue weighted by molar-refractivity contribution is 6.30. The molecule has 3 nitrogen and oxygen atoms in total. The first-order valence-electron chi connectivity index (χ1n) is 5.96. The fourth-order valence-corrected chi connectivity index (χ4v) is 2.28. The van der Waals surface area contributed by atoms with Crippen LogP contribution in [-0.4, -0.2) is 18.0 Å². The van der Waals surface area contributed by atoms with Crippen molar-refractivity contribution in [2.45, 2.75) is 37.9 Å². The van der Waals surface area contributed by atoms with Crippen molar-refractivity contribution in [1.29, 1.82) is 5.26 Å². The van der Waals surface area contributed by atoms with Gasteiger partial charge in [0.2, 0.25) is 0 Å². The maximum absolute atomic E-state index is 12.2. The van der Waals surface area contributed by atoms with Crippen LogP contribution in [0.15, 0.2) is 24.3 Å². The Morgan fingerprint density at radius 1 is 1.44 bits per heavy atom. The minimum atomic E-state index is -0.766. The summed E-state index contributed by atoms with van der Waals surface area (Å²) in [5.74, 6) is -0.915. The number of halogens is 1. The number of nitriles is 1. The van der Waals surface area contributed by atoms with E-state index < -0.39 is 12.0 Å². The number of hydrogen-bond donors (Lipinski definition) is 0. The summed E-state index contributed by atoms with van der Waals surface area (Å²) in [6, 6.07) is 8.86. The number of carbonyl (C=O) groups excluding carboxylic acids is 1. The van der Waals surface area contributed by atoms with E-state index in [4.69, 9.17) is 16.3 Å². The zero-order chi connectivity index (χ0) is 13.1. The third-order valence-corrected chi connectivity index (χ3v) is 3.42. The van der Waals surface area contributed by atoms with Crippen LogP contribution in [0.3, 0.4) is 0 Å². The minimum absolute atomic E-state index is 0.100. The van der Waals surface area contributed by atoms with Crippen LogP contribution in [0.2, 0.25) is 5.02 Å². The predicted octanol–water partition coefficient (Wildman–Crippen LogP) is 3.08. The van der Waals surface area contributed by atoms with Crippen LogP contribution in [0.5, 0.6) is 0 Å². The molecule has 1 aliphatic heterocycles. The van der Waals surface area contributed by atoms with Crippen LogP contribution in [0.4, 0.5) is 0 Å². The number of ether oxygens (including phenoxy) is 1. The summed E-state index contributed by atoms with van der Waals surface area (Å²) in [5.41, 5.74) is 0.676. The number of carbonyl (C=O) groups is 1. The third kappa shape index (κ3) is 2.72. The highest BCUT2D eigenvalue weighted by Crippen LogP contribution is 2.27. The summed E-state index contributed by atoms with van der Waals surface area (Å²) in [5, 5.41) is 9.78. The SMILES string of the molecule is CC1CCC(C(=O)C(C#N)c2ccc(Cl)cc2)O1. The van der Waals surface area contributed by atoms with E-state index in [1.165, 1.54) is 0 Å². The molecule has 1 aromatic rings. The van der Waals surface area contributed by atoms with E-state index in [1.54, 1.807) is 24.3 Å². The van der Waals surface area contributed by atoms with Crippen molar-refractivity contribution < 1.29 is 9.53 Å². The second-order valence-corrected chi connectivity index (χ2v) is 4.97. The molecule has 3 atom stereocenters. The van der Waals surface area contributed by atoms with E-state index in [2.05, 4.69) is 6.07 Å². The molecule has 4 heteroatoms. The third-order valence-electron chi connectivity index (χ3n) is 3.17. The highest BCUT2D eigenvalue weighted by atomic mass is 35.5. The van der Waals surface area contributed by atoms with Gasteiger partial charge in [0.15, 0.2) is 5.78 Å². The average Bonchev–Trinajstić information content (AvgIpc) is 2.79. The molecule has 2 rings (SSSR count). The van der Waals surface area contributed by atoms with Gasteiger partial charge < -0.3 is 4.74 Å². The van der Waals surface area contributed by atoms with Crippen LogP contribution < -0.4 is 0 Å². The molecule has 0 bridgehead atoms. The topological polar surface area (TPSA) is 50.1 Å². The second-order valence-electron chi connectivity index (χ2n) is 4.53. The van der Waals surface area contributed by atoms with E-state index in [0.717, 1.165) is 6.42 Å². The summed E-state index contributed by atoms with van der Waals surface area (Å²) >= 11 is 5.79. The van der Waals surface area contributed by atoms with E-state index in [9.17, 15) is 10.1 Å². The van der Waals surface area contributed by atoms with Crippen LogP contribution in [0, 0.1) is 11.3 Å². The Labute approximate surface area is 111 Å². The normalized spacial score (nSPS) is 24.5. The van der Waals surface area contributed by atoms with Gasteiger partial charge in [-0.2, -0.15) is 5.26 Å². The van der Waals surface area contributed by atoms with Crippen molar-refractivity contribution >= 4 is 17.4 Å². The van der Waals surface area contributed by atoms with Crippen molar-refractivity contribution in [2.24, 2.45) is 0 Å². The van der Waals surface area contributed by atoms with Gasteiger partial charge in [0, 0.05) is 5.02 Å². The van der Waals surface area contributed by atoms with Gasteiger partial charge in [0.1, 0.15) is 12.0 Å². The lowest BCUT2D eigenvalue weighted by Gasteiger charge is -2.14. The smallest absolute Gasteiger partial charge is 0.183 e. The lowest BCUT2D eigenvalue weighted by molar-refractivity contribution is -0.129. The van der Waals surface area contributed by atoms with E-state index >= 15 is 0 Å². The Morgan fingerprint density at radius 3 is 2.61 bits per heavy atom. The van der Waals surface area contributed by atoms with Gasteiger partial charge in [-0.3, -0.25) is 4.79 Å². The van der Waals surface area contributed by atoms with Gasteiger partial charge in [0.25, 0.3) is 0 Å². The Bertz CT molecular complexity index is 478. The van der Waals surface area contributed by atoms with Crippen LogP contribution in [0.25, 0.3) is 0 Å². The van der Waals surface area contributed by atoms with Gasteiger partial charge in [0.05, 0.1) is 12.2 Å². The maximum Gasteiger partial charge on any atom is 0.183 e. The molecule has 0 N–H and O–H groups in total. The second kappa shape index (κ2) is 5.51. The number of rotatable bonds is 3. The van der Waals surface area contributed by atoms with Crippen LogP contribution >= 0.6 is 11.6 Å². The minimum Gasteiger partial charge on any atom is -0.367 e. The zero-order valence-electron chi connectivity index (χ0n) is 10.1. The zero-order valence-corrected chi connectivity index (χ0v) is 10.9. The molecule has 1 heterocycles. The molecule has 1 saturated heterocycles. The van der Waals surface area contributed by atoms with Crippen molar-refractivity contribution in [3.63, 3.8) is 0 Å². The Morgan fingerprint density at radius 2 is 2.11 bits per heavy atom. The molecule has 0 aliphatic carbocycles. The molecule has 0 radical (unpaired) electrons. The Balaban J connectivity index is 2.16. The largest absolute Gasteiger partial charge is 0.367 e. The molecular weight excluding hydrogens is 250 g/mol. The summed E-state index contributed by atoms with van der Waals surface area (Å²) < 4.78 is 5.52. The lowest BCUT2D eigenvalue weighted by Crippen LogP contribution is -2.26. The van der Waals surface area contributed by atoms with Crippen molar-refractivity contribution in [1.82, 2.24) is 0 Å². The molecule has 0 spiro atoms. The van der Waals surface area contributed by atoms with Gasteiger partial charge in [-0.25, -0.2) is 0 Å². The molecule has 18 heavy (non-hydrogen) atoms. The number of ketones is 1. The van der Waals surface area contributed by atoms with Gasteiger partial charge in [-0.1, -0.05) is 23.7 Å². The Kier molecular flexibility index (Phi) is 4.00. The first-order chi connectivity index (χ1) is 8.61. The molecule has 0 amide bonds. The Hall–Kier alpha value is -1.37. The first-order valence-corrected chi connectivity index (χ1v) is 6.34. The fraction of sp³-hybridized carbons (Fsp3) is 0.429. The molecule has 1 fully saturated rings. The molecule has 1 aromatic carbocycles. The van der Waals surface area contributed by atoms with Gasteiger partial charge in [-0.15, -0.1) is 0 Å². The van der Waals surface area contributed by atoms with E-state index in [-0.39, 0.29) is 11.9 Å². The summed E-state index contributed by atoms with van der Waals surface area (Å²) in [6.45, 7) is 1.94. The first kappa shape index (κ1) is 13.1. The highest BCUT2D eigenvalue weighted by Gasteiger charge is 2.33. The van der Waals surface area contributed by atoms with Gasteiger partial charge >= 0.3 is 0 Å². The summed E-state index contributed by atoms with van der Waals surface area (Å²) in [6.07, 6.45) is 1.23. The molecule has 94 valence electrons. The molecule has 3 unspecified atom stereocenters. The summed E-state index contributed by atoms with van der Waals surface area (Å²) in [7, 11) is 0. The van der Waals surface area contributed by atoms with Crippen LogP contribution in [-0.2, 0) is 9.53 Å². The quantitative estimate of drug-likeness (QED) is 0.842. The number of hydrogen-bond acceptors (Lipinski definition) is 3. The predicted molar refractivity (Wildman–Crippen MR) is 68.4 cm³/mol. The van der Waals surface area contributed by atoms with E-state index in [1.807, 2.05) is 6.92 Å². The molecule has 1 aliphatic rings. The average molecular weight is 264 g/mol. The monoisotopic (exact) mass is 263 g/mol. The molecule has 0 aromatic heterocycles. The van der Waals surface area contributed by atoms with Crippen molar-refractivity contribution in [3.8, 4) is 6.07 Å². The maximum atomic E-state index is 12.2.